The van der Waals surface area contributed by atoms with Crippen LogP contribution in [-0.4, -0.2) is 23.1 Å². The fourth-order valence-electron chi connectivity index (χ4n) is 1.88. The van der Waals surface area contributed by atoms with Gasteiger partial charge in [0.25, 0.3) is 0 Å². The third kappa shape index (κ3) is 4.19. The topological polar surface area (TPSA) is 86.7 Å². The van der Waals surface area contributed by atoms with Crippen LogP contribution in [-0.2, 0) is 0 Å². The van der Waals surface area contributed by atoms with Crippen molar-refractivity contribution in [3.05, 3.63) is 35.0 Å². The van der Waals surface area contributed by atoms with Gasteiger partial charge in [-0.3, -0.25) is 0 Å². The lowest BCUT2D eigenvalue weighted by Crippen LogP contribution is -1.97. The van der Waals surface area contributed by atoms with E-state index in [9.17, 15) is 0 Å². The van der Waals surface area contributed by atoms with Crippen molar-refractivity contribution in [1.29, 1.82) is 0 Å². The van der Waals surface area contributed by atoms with E-state index in [0.717, 1.165) is 42.5 Å². The van der Waals surface area contributed by atoms with Crippen molar-refractivity contribution in [2.45, 2.75) is 25.7 Å². The van der Waals surface area contributed by atoms with Gasteiger partial charge in [0.2, 0.25) is 0 Å². The van der Waals surface area contributed by atoms with E-state index >= 15 is 0 Å². The molecule has 1 heterocycles. The molecule has 0 fully saturated rings. The number of aromatic nitrogens is 2. The molecule has 6 nitrogen and oxygen atoms in total. The molecule has 0 bridgehead atoms. The van der Waals surface area contributed by atoms with Crippen LogP contribution in [0.25, 0.3) is 21.5 Å². The first-order valence-corrected chi connectivity index (χ1v) is 6.47. The van der Waals surface area contributed by atoms with Crippen molar-refractivity contribution in [3.63, 3.8) is 0 Å². The third-order valence-electron chi connectivity index (χ3n) is 2.88. The molecule has 2 aromatic rings. The van der Waals surface area contributed by atoms with Crippen molar-refractivity contribution < 1.29 is 4.74 Å². The highest BCUT2D eigenvalue weighted by Crippen LogP contribution is 2.18. The summed E-state index contributed by atoms with van der Waals surface area (Å²) in [5.41, 5.74) is 10.1. The van der Waals surface area contributed by atoms with Crippen LogP contribution in [0.3, 0.4) is 0 Å². The van der Waals surface area contributed by atoms with Crippen LogP contribution in [0.1, 0.15) is 25.7 Å². The molecule has 0 radical (unpaired) electrons. The Morgan fingerprint density at radius 3 is 3.05 bits per heavy atom. The summed E-state index contributed by atoms with van der Waals surface area (Å²) >= 11 is 0. The van der Waals surface area contributed by atoms with Crippen LogP contribution in [0.4, 0.5) is 0 Å². The molecule has 0 spiro atoms. The number of ether oxygens (including phenoxy) is 1. The second kappa shape index (κ2) is 7.28. The monoisotopic (exact) mass is 259 g/mol. The quantitative estimate of drug-likeness (QED) is 0.338. The minimum absolute atomic E-state index is 0.591. The van der Waals surface area contributed by atoms with Gasteiger partial charge in [0.15, 0.2) is 0 Å². The molecular formula is C13H17N5O. The van der Waals surface area contributed by atoms with Crippen LogP contribution >= 0.6 is 0 Å². The molecule has 0 aliphatic rings. The van der Waals surface area contributed by atoms with Gasteiger partial charge in [-0.25, -0.2) is 4.98 Å². The van der Waals surface area contributed by atoms with Crippen molar-refractivity contribution in [2.75, 3.05) is 13.2 Å². The molecule has 1 N–H and O–H groups in total. The van der Waals surface area contributed by atoms with E-state index in [0.29, 0.717) is 13.2 Å². The SMILES string of the molecule is [N-]=[N+]=NCCCCCCOc1ccc2nc[nH]c2c1. The fraction of sp³-hybridized carbons (Fsp3) is 0.462. The number of nitrogens with one attached hydrogen (secondary N) is 1. The maximum atomic E-state index is 8.12. The normalized spacial score (nSPS) is 10.3. The zero-order valence-corrected chi connectivity index (χ0v) is 10.7. The summed E-state index contributed by atoms with van der Waals surface area (Å²) in [7, 11) is 0. The zero-order valence-electron chi connectivity index (χ0n) is 10.7. The van der Waals surface area contributed by atoms with Crippen molar-refractivity contribution >= 4 is 11.0 Å². The molecule has 2 rings (SSSR count). The summed E-state index contributed by atoms with van der Waals surface area (Å²) in [6, 6.07) is 5.84. The summed E-state index contributed by atoms with van der Waals surface area (Å²) in [6.45, 7) is 1.30. The molecule has 0 saturated carbocycles. The lowest BCUT2D eigenvalue weighted by Gasteiger charge is -2.05. The van der Waals surface area contributed by atoms with Crippen molar-refractivity contribution in [2.24, 2.45) is 5.11 Å². The number of nitrogens with zero attached hydrogens (tertiary/aromatic N) is 4. The minimum Gasteiger partial charge on any atom is -0.494 e. The molecule has 100 valence electrons. The van der Waals surface area contributed by atoms with Crippen LogP contribution in [0, 0.1) is 0 Å². The number of H-pyrrole nitrogens is 1. The number of rotatable bonds is 8. The number of aromatic amines is 1. The summed E-state index contributed by atoms with van der Waals surface area (Å²) in [6.07, 6.45) is 5.80. The first-order chi connectivity index (χ1) is 9.40. The molecule has 0 aliphatic heterocycles. The molecule has 19 heavy (non-hydrogen) atoms. The minimum atomic E-state index is 0.591. The molecule has 0 atom stereocenters. The third-order valence-corrected chi connectivity index (χ3v) is 2.88. The van der Waals surface area contributed by atoms with Gasteiger partial charge in [0.1, 0.15) is 5.75 Å². The van der Waals surface area contributed by atoms with E-state index in [4.69, 9.17) is 10.3 Å². The van der Waals surface area contributed by atoms with E-state index in [1.54, 1.807) is 6.33 Å². The number of imidazole rings is 1. The van der Waals surface area contributed by atoms with Crippen LogP contribution in [0.2, 0.25) is 0 Å². The second-order valence-corrected chi connectivity index (χ2v) is 4.30. The maximum absolute atomic E-state index is 8.12. The Balaban J connectivity index is 1.64. The van der Waals surface area contributed by atoms with Gasteiger partial charge in [-0.15, -0.1) is 0 Å². The van der Waals surface area contributed by atoms with Gasteiger partial charge in [0.05, 0.1) is 24.0 Å². The average molecular weight is 259 g/mol. The molecule has 6 heteroatoms. The number of benzene rings is 1. The van der Waals surface area contributed by atoms with Crippen molar-refractivity contribution in [3.8, 4) is 5.75 Å². The summed E-state index contributed by atoms with van der Waals surface area (Å²) in [5, 5.41) is 3.50. The largest absolute Gasteiger partial charge is 0.494 e. The summed E-state index contributed by atoms with van der Waals surface area (Å²) in [4.78, 5) is 9.94. The Bertz CT molecular complexity index is 559. The van der Waals surface area contributed by atoms with Crippen molar-refractivity contribution in [1.82, 2.24) is 9.97 Å². The molecular weight excluding hydrogens is 242 g/mol. The van der Waals surface area contributed by atoms with Gasteiger partial charge < -0.3 is 9.72 Å². The van der Waals surface area contributed by atoms with E-state index < -0.39 is 0 Å². The van der Waals surface area contributed by atoms with Crippen LogP contribution in [0.15, 0.2) is 29.6 Å². The summed E-state index contributed by atoms with van der Waals surface area (Å²) in [5.74, 6) is 0.867. The van der Waals surface area contributed by atoms with E-state index in [-0.39, 0.29) is 0 Å². The van der Waals surface area contributed by atoms with Gasteiger partial charge in [0, 0.05) is 17.5 Å². The Morgan fingerprint density at radius 1 is 1.26 bits per heavy atom. The van der Waals surface area contributed by atoms with E-state index in [2.05, 4.69) is 20.0 Å². The first kappa shape index (κ1) is 13.2. The Kier molecular flexibility index (Phi) is 5.07. The lowest BCUT2D eigenvalue weighted by atomic mass is 10.2. The molecule has 0 amide bonds. The molecule has 1 aromatic heterocycles. The Hall–Kier alpha value is -2.20. The van der Waals surface area contributed by atoms with Gasteiger partial charge >= 0.3 is 0 Å². The maximum Gasteiger partial charge on any atom is 0.121 e. The zero-order chi connectivity index (χ0) is 13.3. The number of hydrogen-bond acceptors (Lipinski definition) is 3. The highest BCUT2D eigenvalue weighted by Gasteiger charge is 1.99. The van der Waals surface area contributed by atoms with Crippen LogP contribution in [0.5, 0.6) is 5.75 Å². The molecule has 0 aliphatic carbocycles. The molecule has 1 aromatic carbocycles. The molecule has 0 unspecified atom stereocenters. The number of azide groups is 1. The highest BCUT2D eigenvalue weighted by atomic mass is 16.5. The van der Waals surface area contributed by atoms with Gasteiger partial charge in [-0.2, -0.15) is 0 Å². The number of unbranched alkanes of at least 4 members (excludes halogenated alkanes) is 3. The smallest absolute Gasteiger partial charge is 0.121 e. The van der Waals surface area contributed by atoms with Gasteiger partial charge in [-0.1, -0.05) is 18.0 Å². The Morgan fingerprint density at radius 2 is 2.16 bits per heavy atom. The van der Waals surface area contributed by atoms with Gasteiger partial charge in [-0.05, 0) is 30.5 Å². The predicted molar refractivity (Wildman–Crippen MR) is 74.1 cm³/mol. The van der Waals surface area contributed by atoms with E-state index in [1.807, 2.05) is 18.2 Å². The standard InChI is InChI=1S/C13H17N5O/c14-18-17-7-3-1-2-4-8-19-11-5-6-12-13(9-11)16-10-15-12/h5-6,9-10H,1-4,7-8H2,(H,15,16). The Labute approximate surface area is 111 Å². The average Bonchev–Trinajstić information content (AvgIpc) is 2.89. The number of hydrogen-bond donors (Lipinski definition) is 1. The second-order valence-electron chi connectivity index (χ2n) is 4.30. The summed E-state index contributed by atoms with van der Waals surface area (Å²) < 4.78 is 5.68. The fourth-order valence-corrected chi connectivity index (χ4v) is 1.88. The number of fused-ring (bicyclic) bond motifs is 1. The highest BCUT2D eigenvalue weighted by molar-refractivity contribution is 5.75. The molecule has 0 saturated heterocycles. The van der Waals surface area contributed by atoms with E-state index in [1.165, 1.54) is 0 Å². The lowest BCUT2D eigenvalue weighted by molar-refractivity contribution is 0.305. The van der Waals surface area contributed by atoms with Crippen LogP contribution < -0.4 is 4.74 Å². The first-order valence-electron chi connectivity index (χ1n) is 6.47. The predicted octanol–water partition coefficient (Wildman–Crippen LogP) is 3.81.